The van der Waals surface area contributed by atoms with Crippen molar-refractivity contribution in [2.45, 2.75) is 19.3 Å². The number of furan rings is 1. The van der Waals surface area contributed by atoms with Crippen LogP contribution >= 0.6 is 11.3 Å². The molecule has 2 aromatic heterocycles. The van der Waals surface area contributed by atoms with Gasteiger partial charge in [0.15, 0.2) is 11.5 Å². The summed E-state index contributed by atoms with van der Waals surface area (Å²) in [6.45, 7) is 0. The lowest BCUT2D eigenvalue weighted by Crippen LogP contribution is -2.02. The summed E-state index contributed by atoms with van der Waals surface area (Å²) in [4.78, 5) is 26.3. The third-order valence-corrected chi connectivity index (χ3v) is 3.25. The van der Waals surface area contributed by atoms with E-state index >= 15 is 0 Å². The van der Waals surface area contributed by atoms with Gasteiger partial charge in [-0.2, -0.15) is 0 Å². The maximum atomic E-state index is 11.7. The van der Waals surface area contributed by atoms with E-state index in [-0.39, 0.29) is 12.2 Å². The van der Waals surface area contributed by atoms with Gasteiger partial charge in [0.25, 0.3) is 0 Å². The third-order valence-electron chi connectivity index (χ3n) is 2.29. The molecular weight excluding hydrogens is 254 g/mol. The van der Waals surface area contributed by atoms with E-state index in [4.69, 9.17) is 9.52 Å². The van der Waals surface area contributed by atoms with Gasteiger partial charge in [0.1, 0.15) is 0 Å². The van der Waals surface area contributed by atoms with Crippen LogP contribution in [0.5, 0.6) is 0 Å². The Morgan fingerprint density at radius 2 is 2.28 bits per heavy atom. The second-order valence-corrected chi connectivity index (χ2v) is 4.65. The predicted molar refractivity (Wildman–Crippen MR) is 64.8 cm³/mol. The third kappa shape index (κ3) is 3.27. The topological polar surface area (TPSA) is 80.4 Å². The summed E-state index contributed by atoms with van der Waals surface area (Å²) in [5.74, 6) is -0.634. The van der Waals surface area contributed by atoms with Gasteiger partial charge in [-0.15, -0.1) is 11.3 Å². The number of aliphatic carboxylic acids is 1. The summed E-state index contributed by atoms with van der Waals surface area (Å²) in [5.41, 5.74) is 0.535. The Kier molecular flexibility index (Phi) is 3.88. The molecule has 0 unspecified atom stereocenters. The highest BCUT2D eigenvalue weighted by molar-refractivity contribution is 7.09. The minimum Gasteiger partial charge on any atom is -0.481 e. The number of thiazole rings is 1. The number of aryl methyl sites for hydroxylation is 1. The maximum absolute atomic E-state index is 11.7. The standard InChI is InChI=1S/C12H11NO4S/c14-9(10-2-1-5-17-10)3-4-11-13-8(7-18-11)6-12(15)16/h1-2,5,7H,3-4,6H2,(H,15,16). The van der Waals surface area contributed by atoms with Gasteiger partial charge in [0, 0.05) is 18.2 Å². The van der Waals surface area contributed by atoms with E-state index in [9.17, 15) is 9.59 Å². The van der Waals surface area contributed by atoms with E-state index in [2.05, 4.69) is 4.98 Å². The number of carbonyl (C=O) groups excluding carboxylic acids is 1. The summed E-state index contributed by atoms with van der Waals surface area (Å²) < 4.78 is 5.00. The average molecular weight is 265 g/mol. The Balaban J connectivity index is 1.88. The van der Waals surface area contributed by atoms with E-state index in [1.165, 1.54) is 17.6 Å². The van der Waals surface area contributed by atoms with Crippen molar-refractivity contribution in [2.75, 3.05) is 0 Å². The van der Waals surface area contributed by atoms with E-state index in [1.807, 2.05) is 0 Å². The van der Waals surface area contributed by atoms with Crippen molar-refractivity contribution in [3.63, 3.8) is 0 Å². The number of Topliss-reactive ketones (excluding diaryl/α,β-unsaturated/α-hetero) is 1. The van der Waals surface area contributed by atoms with Crippen molar-refractivity contribution in [1.29, 1.82) is 0 Å². The average Bonchev–Trinajstić information content (AvgIpc) is 2.95. The van der Waals surface area contributed by atoms with Crippen LogP contribution in [-0.2, 0) is 17.6 Å². The quantitative estimate of drug-likeness (QED) is 0.810. The van der Waals surface area contributed by atoms with Gasteiger partial charge in [-0.05, 0) is 12.1 Å². The van der Waals surface area contributed by atoms with Crippen molar-refractivity contribution in [3.05, 3.63) is 40.2 Å². The molecular formula is C12H11NO4S. The van der Waals surface area contributed by atoms with Gasteiger partial charge >= 0.3 is 5.97 Å². The molecule has 0 amide bonds. The van der Waals surface area contributed by atoms with Crippen molar-refractivity contribution < 1.29 is 19.1 Å². The van der Waals surface area contributed by atoms with E-state index < -0.39 is 5.97 Å². The van der Waals surface area contributed by atoms with E-state index in [1.54, 1.807) is 17.5 Å². The highest BCUT2D eigenvalue weighted by Gasteiger charge is 2.11. The van der Waals surface area contributed by atoms with Crippen LogP contribution in [0.4, 0.5) is 0 Å². The van der Waals surface area contributed by atoms with Crippen LogP contribution in [-0.4, -0.2) is 21.8 Å². The summed E-state index contributed by atoms with van der Waals surface area (Å²) in [6, 6.07) is 3.29. The zero-order valence-electron chi connectivity index (χ0n) is 9.46. The van der Waals surface area contributed by atoms with E-state index in [0.29, 0.717) is 24.3 Å². The van der Waals surface area contributed by atoms with Crippen LogP contribution in [0.2, 0.25) is 0 Å². The van der Waals surface area contributed by atoms with Gasteiger partial charge in [-0.3, -0.25) is 9.59 Å². The molecule has 0 aliphatic rings. The van der Waals surface area contributed by atoms with E-state index in [0.717, 1.165) is 5.01 Å². The van der Waals surface area contributed by atoms with Crippen LogP contribution in [0, 0.1) is 0 Å². The number of carbonyl (C=O) groups is 2. The highest BCUT2D eigenvalue weighted by Crippen LogP contribution is 2.14. The molecule has 0 aliphatic heterocycles. The monoisotopic (exact) mass is 265 g/mol. The Labute approximate surface area is 107 Å². The summed E-state index contributed by atoms with van der Waals surface area (Å²) in [7, 11) is 0. The minimum atomic E-state index is -0.904. The Morgan fingerprint density at radius 1 is 1.44 bits per heavy atom. The van der Waals surface area contributed by atoms with Crippen LogP contribution in [0.25, 0.3) is 0 Å². The number of nitrogens with zero attached hydrogens (tertiary/aromatic N) is 1. The number of aromatic nitrogens is 1. The highest BCUT2D eigenvalue weighted by atomic mass is 32.1. The summed E-state index contributed by atoms with van der Waals surface area (Å²) in [6.07, 6.45) is 2.20. The first-order valence-corrected chi connectivity index (χ1v) is 6.25. The molecule has 0 bridgehead atoms. The molecule has 94 valence electrons. The first-order chi connectivity index (χ1) is 8.65. The molecule has 5 nitrogen and oxygen atoms in total. The van der Waals surface area contributed by atoms with Crippen molar-refractivity contribution in [2.24, 2.45) is 0 Å². The largest absolute Gasteiger partial charge is 0.481 e. The lowest BCUT2D eigenvalue weighted by atomic mass is 10.2. The van der Waals surface area contributed by atoms with Gasteiger partial charge in [-0.1, -0.05) is 0 Å². The van der Waals surface area contributed by atoms with Crippen molar-refractivity contribution in [1.82, 2.24) is 4.98 Å². The fraction of sp³-hybridized carbons (Fsp3) is 0.250. The normalized spacial score (nSPS) is 10.4. The lowest BCUT2D eigenvalue weighted by Gasteiger charge is -1.95. The van der Waals surface area contributed by atoms with Gasteiger partial charge in [-0.25, -0.2) is 4.98 Å². The van der Waals surface area contributed by atoms with Gasteiger partial charge in [0.2, 0.25) is 0 Å². The van der Waals surface area contributed by atoms with Gasteiger partial charge in [0.05, 0.1) is 23.4 Å². The van der Waals surface area contributed by atoms with Crippen LogP contribution in [0.1, 0.15) is 27.7 Å². The van der Waals surface area contributed by atoms with Crippen molar-refractivity contribution >= 4 is 23.1 Å². The fourth-order valence-electron chi connectivity index (χ4n) is 1.48. The fourth-order valence-corrected chi connectivity index (χ4v) is 2.28. The number of ketones is 1. The second-order valence-electron chi connectivity index (χ2n) is 3.70. The molecule has 0 radical (unpaired) electrons. The molecule has 0 aliphatic carbocycles. The first kappa shape index (κ1) is 12.5. The van der Waals surface area contributed by atoms with Crippen molar-refractivity contribution in [3.8, 4) is 0 Å². The lowest BCUT2D eigenvalue weighted by molar-refractivity contribution is -0.136. The molecule has 0 atom stereocenters. The minimum absolute atomic E-state index is 0.0741. The molecule has 2 heterocycles. The number of hydrogen-bond acceptors (Lipinski definition) is 5. The Bertz CT molecular complexity index is 544. The molecule has 1 N–H and O–H groups in total. The molecule has 2 rings (SSSR count). The van der Waals surface area contributed by atoms with Crippen LogP contribution in [0.3, 0.4) is 0 Å². The first-order valence-electron chi connectivity index (χ1n) is 5.37. The SMILES string of the molecule is O=C(O)Cc1csc(CCC(=O)c2ccco2)n1. The molecule has 0 saturated heterocycles. The molecule has 18 heavy (non-hydrogen) atoms. The summed E-state index contributed by atoms with van der Waals surface area (Å²) >= 11 is 1.37. The molecule has 0 fully saturated rings. The Morgan fingerprint density at radius 3 is 2.94 bits per heavy atom. The van der Waals surface area contributed by atoms with Crippen LogP contribution in [0.15, 0.2) is 28.2 Å². The molecule has 0 saturated carbocycles. The van der Waals surface area contributed by atoms with Gasteiger partial charge < -0.3 is 9.52 Å². The molecule has 2 aromatic rings. The number of rotatable bonds is 6. The predicted octanol–water partition coefficient (Wildman–Crippen LogP) is 2.18. The zero-order valence-corrected chi connectivity index (χ0v) is 10.3. The molecule has 6 heteroatoms. The number of carboxylic acid groups (broad SMARTS) is 1. The number of hydrogen-bond donors (Lipinski definition) is 1. The second kappa shape index (κ2) is 5.59. The zero-order chi connectivity index (χ0) is 13.0. The molecule has 0 spiro atoms. The Hall–Kier alpha value is -1.95. The van der Waals surface area contributed by atoms with Crippen LogP contribution < -0.4 is 0 Å². The molecule has 0 aromatic carbocycles. The number of carboxylic acids is 1. The summed E-state index contributed by atoms with van der Waals surface area (Å²) in [5, 5.41) is 11.1. The smallest absolute Gasteiger partial charge is 0.309 e. The maximum Gasteiger partial charge on any atom is 0.309 e.